The summed E-state index contributed by atoms with van der Waals surface area (Å²) < 4.78 is 2.17. The Morgan fingerprint density at radius 3 is 2.67 bits per heavy atom. The molecule has 0 aliphatic carbocycles. The standard InChI is InChI=1S/C12H21N3/c1-5-14-6-7-15-10(9-14)8-11(13-15)12(2,3)4/h8H,5-7,9H2,1-4H3. The van der Waals surface area contributed by atoms with Crippen LogP contribution in [0.3, 0.4) is 0 Å². The zero-order chi connectivity index (χ0) is 11.1. The van der Waals surface area contributed by atoms with Crippen molar-refractivity contribution in [1.29, 1.82) is 0 Å². The first-order chi connectivity index (χ1) is 7.00. The summed E-state index contributed by atoms with van der Waals surface area (Å²) in [6.45, 7) is 13.2. The zero-order valence-corrected chi connectivity index (χ0v) is 10.2. The smallest absolute Gasteiger partial charge is 0.0681 e. The van der Waals surface area contributed by atoms with Crippen LogP contribution in [0.1, 0.15) is 39.1 Å². The molecule has 0 unspecified atom stereocenters. The second-order valence-electron chi connectivity index (χ2n) is 5.36. The van der Waals surface area contributed by atoms with Gasteiger partial charge >= 0.3 is 0 Å². The fourth-order valence-corrected chi connectivity index (χ4v) is 1.96. The summed E-state index contributed by atoms with van der Waals surface area (Å²) in [5.74, 6) is 0. The van der Waals surface area contributed by atoms with Gasteiger partial charge in [0.15, 0.2) is 0 Å². The lowest BCUT2D eigenvalue weighted by atomic mass is 9.92. The highest BCUT2D eigenvalue weighted by Crippen LogP contribution is 2.23. The van der Waals surface area contributed by atoms with Gasteiger partial charge in [-0.05, 0) is 12.6 Å². The van der Waals surface area contributed by atoms with Gasteiger partial charge in [-0.25, -0.2) is 0 Å². The van der Waals surface area contributed by atoms with E-state index in [-0.39, 0.29) is 5.41 Å². The molecule has 0 saturated carbocycles. The maximum absolute atomic E-state index is 4.68. The molecule has 1 aromatic heterocycles. The van der Waals surface area contributed by atoms with E-state index in [0.717, 1.165) is 26.2 Å². The minimum absolute atomic E-state index is 0.168. The summed E-state index contributed by atoms with van der Waals surface area (Å²) in [6.07, 6.45) is 0. The highest BCUT2D eigenvalue weighted by molar-refractivity contribution is 5.18. The fourth-order valence-electron chi connectivity index (χ4n) is 1.96. The fraction of sp³-hybridized carbons (Fsp3) is 0.750. The van der Waals surface area contributed by atoms with Crippen LogP contribution in [-0.2, 0) is 18.5 Å². The number of rotatable bonds is 1. The van der Waals surface area contributed by atoms with Gasteiger partial charge in [0, 0.05) is 18.5 Å². The summed E-state index contributed by atoms with van der Waals surface area (Å²) in [4.78, 5) is 2.46. The van der Waals surface area contributed by atoms with Gasteiger partial charge in [0.2, 0.25) is 0 Å². The van der Waals surface area contributed by atoms with E-state index in [0.29, 0.717) is 0 Å². The first-order valence-electron chi connectivity index (χ1n) is 5.80. The first-order valence-corrected chi connectivity index (χ1v) is 5.80. The van der Waals surface area contributed by atoms with Crippen molar-refractivity contribution in [3.63, 3.8) is 0 Å². The molecule has 84 valence electrons. The topological polar surface area (TPSA) is 21.1 Å². The molecule has 0 fully saturated rings. The molecule has 15 heavy (non-hydrogen) atoms. The molecule has 0 radical (unpaired) electrons. The maximum Gasteiger partial charge on any atom is 0.0681 e. The lowest BCUT2D eigenvalue weighted by Crippen LogP contribution is -2.33. The summed E-state index contributed by atoms with van der Waals surface area (Å²) in [6, 6.07) is 2.27. The Kier molecular flexibility index (Phi) is 2.59. The number of fused-ring (bicyclic) bond motifs is 1. The Balaban J connectivity index is 2.26. The monoisotopic (exact) mass is 207 g/mol. The van der Waals surface area contributed by atoms with Crippen LogP contribution >= 0.6 is 0 Å². The number of hydrogen-bond acceptors (Lipinski definition) is 2. The molecule has 1 aromatic rings. The van der Waals surface area contributed by atoms with Crippen LogP contribution in [0.2, 0.25) is 0 Å². The van der Waals surface area contributed by atoms with Crippen molar-refractivity contribution in [3.05, 3.63) is 17.5 Å². The number of nitrogens with zero attached hydrogens (tertiary/aromatic N) is 3. The molecule has 0 aromatic carbocycles. The lowest BCUT2D eigenvalue weighted by Gasteiger charge is -2.25. The Hall–Kier alpha value is -0.830. The van der Waals surface area contributed by atoms with Crippen LogP contribution in [0.15, 0.2) is 6.07 Å². The Morgan fingerprint density at radius 2 is 2.07 bits per heavy atom. The van der Waals surface area contributed by atoms with Crippen molar-refractivity contribution in [2.45, 2.75) is 46.2 Å². The molecule has 0 spiro atoms. The predicted octanol–water partition coefficient (Wildman–Crippen LogP) is 2.02. The van der Waals surface area contributed by atoms with Crippen molar-refractivity contribution < 1.29 is 0 Å². The van der Waals surface area contributed by atoms with Crippen LogP contribution in [0.4, 0.5) is 0 Å². The molecule has 0 saturated heterocycles. The molecule has 0 amide bonds. The molecule has 1 aliphatic rings. The van der Waals surface area contributed by atoms with Crippen molar-refractivity contribution >= 4 is 0 Å². The lowest BCUT2D eigenvalue weighted by molar-refractivity contribution is 0.223. The highest BCUT2D eigenvalue weighted by atomic mass is 15.3. The van der Waals surface area contributed by atoms with Crippen LogP contribution in [0, 0.1) is 0 Å². The van der Waals surface area contributed by atoms with E-state index in [4.69, 9.17) is 0 Å². The molecule has 3 heteroatoms. The minimum Gasteiger partial charge on any atom is -0.296 e. The third kappa shape index (κ3) is 2.07. The van der Waals surface area contributed by atoms with Crippen LogP contribution in [0.25, 0.3) is 0 Å². The summed E-state index contributed by atoms with van der Waals surface area (Å²) in [5, 5.41) is 4.68. The van der Waals surface area contributed by atoms with Crippen molar-refractivity contribution in [2.24, 2.45) is 0 Å². The maximum atomic E-state index is 4.68. The molecular formula is C12H21N3. The van der Waals surface area contributed by atoms with Gasteiger partial charge in [-0.2, -0.15) is 5.10 Å². The second kappa shape index (κ2) is 3.63. The Labute approximate surface area is 92.1 Å². The summed E-state index contributed by atoms with van der Waals surface area (Å²) in [5.41, 5.74) is 2.75. The van der Waals surface area contributed by atoms with E-state index in [1.54, 1.807) is 0 Å². The molecule has 2 rings (SSSR count). The van der Waals surface area contributed by atoms with Gasteiger partial charge in [-0.3, -0.25) is 9.58 Å². The molecule has 1 aliphatic heterocycles. The molecule has 2 heterocycles. The molecule has 0 atom stereocenters. The van der Waals surface area contributed by atoms with Gasteiger partial charge in [0.25, 0.3) is 0 Å². The number of hydrogen-bond donors (Lipinski definition) is 0. The van der Waals surface area contributed by atoms with E-state index in [9.17, 15) is 0 Å². The van der Waals surface area contributed by atoms with E-state index >= 15 is 0 Å². The van der Waals surface area contributed by atoms with E-state index in [2.05, 4.69) is 48.4 Å². The zero-order valence-electron chi connectivity index (χ0n) is 10.2. The largest absolute Gasteiger partial charge is 0.296 e. The van der Waals surface area contributed by atoms with Crippen molar-refractivity contribution in [1.82, 2.24) is 14.7 Å². The first kappa shape index (κ1) is 10.7. The summed E-state index contributed by atoms with van der Waals surface area (Å²) >= 11 is 0. The van der Waals surface area contributed by atoms with Gasteiger partial charge in [-0.1, -0.05) is 27.7 Å². The van der Waals surface area contributed by atoms with Crippen LogP contribution in [-0.4, -0.2) is 27.8 Å². The quantitative estimate of drug-likeness (QED) is 0.702. The van der Waals surface area contributed by atoms with Crippen molar-refractivity contribution in [2.75, 3.05) is 13.1 Å². The summed E-state index contributed by atoms with van der Waals surface area (Å²) in [7, 11) is 0. The predicted molar refractivity (Wildman–Crippen MR) is 61.9 cm³/mol. The van der Waals surface area contributed by atoms with Crippen LogP contribution < -0.4 is 0 Å². The molecule has 0 N–H and O–H groups in total. The SMILES string of the molecule is CCN1CCn2nc(C(C)(C)C)cc2C1. The van der Waals surface area contributed by atoms with Crippen molar-refractivity contribution in [3.8, 4) is 0 Å². The molecule has 0 bridgehead atoms. The van der Waals surface area contributed by atoms with Gasteiger partial charge < -0.3 is 0 Å². The van der Waals surface area contributed by atoms with Gasteiger partial charge in [0.1, 0.15) is 0 Å². The second-order valence-corrected chi connectivity index (χ2v) is 5.36. The highest BCUT2D eigenvalue weighted by Gasteiger charge is 2.22. The number of aromatic nitrogens is 2. The Morgan fingerprint density at radius 1 is 1.33 bits per heavy atom. The van der Waals surface area contributed by atoms with Gasteiger partial charge in [-0.15, -0.1) is 0 Å². The van der Waals surface area contributed by atoms with E-state index < -0.39 is 0 Å². The third-order valence-corrected chi connectivity index (χ3v) is 3.09. The average Bonchev–Trinajstić information content (AvgIpc) is 2.59. The molecule has 3 nitrogen and oxygen atoms in total. The van der Waals surface area contributed by atoms with E-state index in [1.165, 1.54) is 11.4 Å². The minimum atomic E-state index is 0.168. The van der Waals surface area contributed by atoms with Gasteiger partial charge in [0.05, 0.1) is 17.9 Å². The van der Waals surface area contributed by atoms with E-state index in [1.807, 2.05) is 0 Å². The number of likely N-dealkylation sites (N-methyl/N-ethyl adjacent to an activating group) is 1. The normalized spacial score (nSPS) is 17.9. The van der Waals surface area contributed by atoms with Crippen LogP contribution in [0.5, 0.6) is 0 Å². The average molecular weight is 207 g/mol. The third-order valence-electron chi connectivity index (χ3n) is 3.09. The Bertz CT molecular complexity index is 346. The molecular weight excluding hydrogens is 186 g/mol.